The first-order valence-electron chi connectivity index (χ1n) is 6.00. The third kappa shape index (κ3) is 3.32. The predicted molar refractivity (Wildman–Crippen MR) is 65.5 cm³/mol. The lowest BCUT2D eigenvalue weighted by molar-refractivity contribution is -0.147. The van der Waals surface area contributed by atoms with Gasteiger partial charge < -0.3 is 10.0 Å². The molecule has 0 aromatic heterocycles. The Balaban J connectivity index is 2.76. The van der Waals surface area contributed by atoms with Crippen LogP contribution in [0.4, 0.5) is 0 Å². The van der Waals surface area contributed by atoms with Crippen LogP contribution >= 0.6 is 0 Å². The summed E-state index contributed by atoms with van der Waals surface area (Å²) in [6.45, 7) is 7.79. The topological polar surface area (TPSA) is 57.6 Å². The molecule has 4 heteroatoms. The van der Waals surface area contributed by atoms with E-state index >= 15 is 0 Å². The molecule has 0 aliphatic heterocycles. The molecule has 0 aromatic rings. The Labute approximate surface area is 102 Å². The van der Waals surface area contributed by atoms with Crippen molar-refractivity contribution in [2.45, 2.75) is 33.1 Å². The van der Waals surface area contributed by atoms with Gasteiger partial charge in [-0.1, -0.05) is 26.3 Å². The SMILES string of the molecule is C=CCN(CC(=O)O)C(=O)C1CCCC1(C)C. The van der Waals surface area contributed by atoms with Crippen molar-refractivity contribution in [2.24, 2.45) is 11.3 Å². The van der Waals surface area contributed by atoms with E-state index in [9.17, 15) is 9.59 Å². The fourth-order valence-electron chi connectivity index (χ4n) is 2.56. The second kappa shape index (κ2) is 5.34. The van der Waals surface area contributed by atoms with Gasteiger partial charge in [-0.05, 0) is 18.3 Å². The van der Waals surface area contributed by atoms with Crippen LogP contribution in [0.3, 0.4) is 0 Å². The molecule has 1 N–H and O–H groups in total. The highest BCUT2D eigenvalue weighted by Gasteiger charge is 2.41. The zero-order chi connectivity index (χ0) is 13.1. The molecule has 1 amide bonds. The molecule has 1 aliphatic rings. The van der Waals surface area contributed by atoms with Crippen molar-refractivity contribution >= 4 is 11.9 Å². The zero-order valence-corrected chi connectivity index (χ0v) is 10.6. The summed E-state index contributed by atoms with van der Waals surface area (Å²) in [6.07, 6.45) is 4.50. The molecule has 1 rings (SSSR count). The van der Waals surface area contributed by atoms with E-state index in [0.29, 0.717) is 6.54 Å². The van der Waals surface area contributed by atoms with Crippen molar-refractivity contribution in [3.63, 3.8) is 0 Å². The number of hydrogen-bond donors (Lipinski definition) is 1. The summed E-state index contributed by atoms with van der Waals surface area (Å²) in [5, 5.41) is 8.80. The normalized spacial score (nSPS) is 22.1. The average Bonchev–Trinajstić information content (AvgIpc) is 2.56. The molecule has 1 saturated carbocycles. The van der Waals surface area contributed by atoms with Crippen LogP contribution in [0, 0.1) is 11.3 Å². The Kier molecular flexibility index (Phi) is 4.32. The van der Waals surface area contributed by atoms with E-state index in [0.717, 1.165) is 19.3 Å². The molecule has 1 fully saturated rings. The first kappa shape index (κ1) is 13.7. The van der Waals surface area contributed by atoms with Crippen molar-refractivity contribution in [1.29, 1.82) is 0 Å². The molecule has 0 radical (unpaired) electrons. The summed E-state index contributed by atoms with van der Waals surface area (Å²) < 4.78 is 0. The van der Waals surface area contributed by atoms with Crippen molar-refractivity contribution in [2.75, 3.05) is 13.1 Å². The minimum absolute atomic E-state index is 0.0188. The molecule has 1 unspecified atom stereocenters. The standard InChI is InChI=1S/C13H21NO3/c1-4-8-14(9-11(15)16)12(17)10-6-5-7-13(10,2)3/h4,10H,1,5-9H2,2-3H3,(H,15,16). The fraction of sp³-hybridized carbons (Fsp3) is 0.692. The van der Waals surface area contributed by atoms with Crippen LogP contribution in [0.2, 0.25) is 0 Å². The Bertz CT molecular complexity index is 323. The molecule has 0 aromatic carbocycles. The van der Waals surface area contributed by atoms with Gasteiger partial charge in [0.25, 0.3) is 0 Å². The quantitative estimate of drug-likeness (QED) is 0.746. The second-order valence-corrected chi connectivity index (χ2v) is 5.33. The lowest BCUT2D eigenvalue weighted by Crippen LogP contribution is -2.42. The van der Waals surface area contributed by atoms with E-state index < -0.39 is 5.97 Å². The highest BCUT2D eigenvalue weighted by Crippen LogP contribution is 2.43. The molecule has 0 heterocycles. The Hall–Kier alpha value is -1.32. The van der Waals surface area contributed by atoms with Gasteiger partial charge in [-0.25, -0.2) is 0 Å². The molecule has 1 atom stereocenters. The number of carboxylic acid groups (broad SMARTS) is 1. The number of aliphatic carboxylic acids is 1. The van der Waals surface area contributed by atoms with Gasteiger partial charge in [0.1, 0.15) is 6.54 Å². The molecular weight excluding hydrogens is 218 g/mol. The van der Waals surface area contributed by atoms with Crippen LogP contribution in [0.1, 0.15) is 33.1 Å². The highest BCUT2D eigenvalue weighted by atomic mass is 16.4. The summed E-state index contributed by atoms with van der Waals surface area (Å²) in [4.78, 5) is 24.4. The molecule has 0 spiro atoms. The van der Waals surface area contributed by atoms with E-state index in [1.807, 2.05) is 0 Å². The maximum absolute atomic E-state index is 12.3. The fourth-order valence-corrected chi connectivity index (χ4v) is 2.56. The molecule has 1 aliphatic carbocycles. The summed E-state index contributed by atoms with van der Waals surface area (Å²) in [5.74, 6) is -1.08. The van der Waals surface area contributed by atoms with Gasteiger partial charge in [0.2, 0.25) is 5.91 Å². The van der Waals surface area contributed by atoms with Crippen molar-refractivity contribution in [1.82, 2.24) is 4.90 Å². The number of rotatable bonds is 5. The molecule has 0 saturated heterocycles. The van der Waals surface area contributed by atoms with Gasteiger partial charge in [-0.3, -0.25) is 9.59 Å². The average molecular weight is 239 g/mol. The lowest BCUT2D eigenvalue weighted by Gasteiger charge is -2.30. The van der Waals surface area contributed by atoms with Gasteiger partial charge >= 0.3 is 5.97 Å². The Morgan fingerprint density at radius 2 is 2.18 bits per heavy atom. The summed E-state index contributed by atoms with van der Waals surface area (Å²) >= 11 is 0. The van der Waals surface area contributed by atoms with E-state index in [1.165, 1.54) is 4.90 Å². The minimum atomic E-state index is -0.976. The Morgan fingerprint density at radius 1 is 1.53 bits per heavy atom. The zero-order valence-electron chi connectivity index (χ0n) is 10.6. The van der Waals surface area contributed by atoms with Crippen molar-refractivity contribution < 1.29 is 14.7 Å². The predicted octanol–water partition coefficient (Wildman–Crippen LogP) is 1.91. The largest absolute Gasteiger partial charge is 0.480 e. The third-order valence-electron chi connectivity index (χ3n) is 3.54. The van der Waals surface area contributed by atoms with Gasteiger partial charge in [-0.2, -0.15) is 0 Å². The van der Waals surface area contributed by atoms with Crippen LogP contribution in [0.25, 0.3) is 0 Å². The van der Waals surface area contributed by atoms with Crippen LogP contribution in [-0.2, 0) is 9.59 Å². The van der Waals surface area contributed by atoms with E-state index in [-0.39, 0.29) is 23.8 Å². The van der Waals surface area contributed by atoms with Crippen LogP contribution in [0.15, 0.2) is 12.7 Å². The maximum atomic E-state index is 12.3. The van der Waals surface area contributed by atoms with Gasteiger partial charge in [0, 0.05) is 12.5 Å². The summed E-state index contributed by atoms with van der Waals surface area (Å²) in [7, 11) is 0. The number of carboxylic acids is 1. The number of hydrogen-bond acceptors (Lipinski definition) is 2. The molecule has 96 valence electrons. The van der Waals surface area contributed by atoms with E-state index in [2.05, 4.69) is 20.4 Å². The van der Waals surface area contributed by atoms with Gasteiger partial charge in [0.05, 0.1) is 0 Å². The van der Waals surface area contributed by atoms with Crippen molar-refractivity contribution in [3.05, 3.63) is 12.7 Å². The lowest BCUT2D eigenvalue weighted by atomic mass is 9.81. The van der Waals surface area contributed by atoms with Crippen molar-refractivity contribution in [3.8, 4) is 0 Å². The van der Waals surface area contributed by atoms with E-state index in [4.69, 9.17) is 5.11 Å². The Morgan fingerprint density at radius 3 is 2.59 bits per heavy atom. The van der Waals surface area contributed by atoms with Crippen LogP contribution in [0.5, 0.6) is 0 Å². The molecular formula is C13H21NO3. The smallest absolute Gasteiger partial charge is 0.323 e. The maximum Gasteiger partial charge on any atom is 0.323 e. The van der Waals surface area contributed by atoms with Gasteiger partial charge in [-0.15, -0.1) is 6.58 Å². The molecule has 17 heavy (non-hydrogen) atoms. The van der Waals surface area contributed by atoms with E-state index in [1.54, 1.807) is 6.08 Å². The van der Waals surface area contributed by atoms with Crippen LogP contribution in [-0.4, -0.2) is 35.0 Å². The van der Waals surface area contributed by atoms with Crippen LogP contribution < -0.4 is 0 Å². The first-order valence-corrected chi connectivity index (χ1v) is 6.00. The third-order valence-corrected chi connectivity index (χ3v) is 3.54. The monoisotopic (exact) mass is 239 g/mol. The number of carbonyl (C=O) groups excluding carboxylic acids is 1. The number of amides is 1. The minimum Gasteiger partial charge on any atom is -0.480 e. The second-order valence-electron chi connectivity index (χ2n) is 5.33. The molecule has 4 nitrogen and oxygen atoms in total. The summed E-state index contributed by atoms with van der Waals surface area (Å²) in [5.41, 5.74) is -0.0188. The number of nitrogens with zero attached hydrogens (tertiary/aromatic N) is 1. The highest BCUT2D eigenvalue weighted by molar-refractivity contribution is 5.84. The summed E-state index contributed by atoms with van der Waals surface area (Å²) in [6, 6.07) is 0. The first-order chi connectivity index (χ1) is 7.88. The van der Waals surface area contributed by atoms with Gasteiger partial charge in [0.15, 0.2) is 0 Å². The molecule has 0 bridgehead atoms. The number of carbonyl (C=O) groups is 2.